The van der Waals surface area contributed by atoms with Crippen molar-refractivity contribution in [2.24, 2.45) is 5.92 Å². The van der Waals surface area contributed by atoms with Gasteiger partial charge < -0.3 is 10.1 Å². The summed E-state index contributed by atoms with van der Waals surface area (Å²) in [6, 6.07) is 8.86. The highest BCUT2D eigenvalue weighted by Crippen LogP contribution is 2.15. The number of hydrogen-bond acceptors (Lipinski definition) is 4. The van der Waals surface area contributed by atoms with Crippen molar-refractivity contribution >= 4 is 12.2 Å². The Morgan fingerprint density at radius 1 is 1.38 bits per heavy atom. The third-order valence-corrected chi connectivity index (χ3v) is 3.64. The number of nitrogens with zero attached hydrogens (tertiary/aromatic N) is 2. The Kier molecular flexibility index (Phi) is 6.12. The van der Waals surface area contributed by atoms with Crippen LogP contribution in [0.2, 0.25) is 0 Å². The smallest absolute Gasteiger partial charge is 0.257 e. The Bertz CT molecular complexity index is 709. The third-order valence-electron chi connectivity index (χ3n) is 3.64. The second kappa shape index (κ2) is 8.29. The number of amides is 1. The van der Waals surface area contributed by atoms with Crippen LogP contribution in [0.3, 0.4) is 0 Å². The van der Waals surface area contributed by atoms with E-state index in [9.17, 15) is 9.59 Å². The number of aromatic nitrogens is 2. The summed E-state index contributed by atoms with van der Waals surface area (Å²) in [6.07, 6.45) is 0.712. The summed E-state index contributed by atoms with van der Waals surface area (Å²) in [5, 5.41) is 7.26. The molecule has 1 aromatic heterocycles. The molecule has 1 N–H and O–H groups in total. The van der Waals surface area contributed by atoms with E-state index in [0.717, 1.165) is 17.9 Å². The lowest BCUT2D eigenvalue weighted by Crippen LogP contribution is -2.33. The van der Waals surface area contributed by atoms with Gasteiger partial charge in [-0.15, -0.1) is 0 Å². The van der Waals surface area contributed by atoms with E-state index in [1.54, 1.807) is 24.3 Å². The second-order valence-corrected chi connectivity index (χ2v) is 5.96. The molecule has 1 heterocycles. The molecule has 128 valence electrons. The molecule has 0 aliphatic heterocycles. The molecule has 0 bridgehead atoms. The number of hydrogen-bond donors (Lipinski definition) is 1. The summed E-state index contributed by atoms with van der Waals surface area (Å²) >= 11 is 0. The number of carbonyl (C=O) groups excluding carboxylic acids is 2. The molecule has 1 aromatic carbocycles. The molecular weight excluding hydrogens is 306 g/mol. The van der Waals surface area contributed by atoms with Gasteiger partial charge in [0, 0.05) is 18.8 Å². The number of aldehydes is 1. The molecular formula is C18H23N3O3. The quantitative estimate of drug-likeness (QED) is 0.753. The molecule has 2 rings (SSSR count). The van der Waals surface area contributed by atoms with E-state index in [0.29, 0.717) is 24.1 Å². The summed E-state index contributed by atoms with van der Waals surface area (Å²) in [5.74, 6) is 0.448. The van der Waals surface area contributed by atoms with Crippen LogP contribution >= 0.6 is 0 Å². The average Bonchev–Trinajstić information content (AvgIpc) is 2.88. The van der Waals surface area contributed by atoms with Gasteiger partial charge in [0.1, 0.15) is 5.75 Å². The van der Waals surface area contributed by atoms with E-state index in [2.05, 4.69) is 17.3 Å². The maximum Gasteiger partial charge on any atom is 0.257 e. The summed E-state index contributed by atoms with van der Waals surface area (Å²) in [7, 11) is 0. The first-order chi connectivity index (χ1) is 11.5. The highest BCUT2D eigenvalue weighted by atomic mass is 16.5. The van der Waals surface area contributed by atoms with Crippen LogP contribution in [0.5, 0.6) is 5.75 Å². The van der Waals surface area contributed by atoms with Gasteiger partial charge in [-0.25, -0.2) is 0 Å². The van der Waals surface area contributed by atoms with Crippen LogP contribution in [0, 0.1) is 19.8 Å². The predicted molar refractivity (Wildman–Crippen MR) is 91.2 cm³/mol. The van der Waals surface area contributed by atoms with E-state index in [4.69, 9.17) is 4.74 Å². The zero-order valence-electron chi connectivity index (χ0n) is 14.3. The van der Waals surface area contributed by atoms with Crippen LogP contribution in [0.25, 0.3) is 0 Å². The van der Waals surface area contributed by atoms with Crippen LogP contribution in [-0.4, -0.2) is 35.1 Å². The lowest BCUT2D eigenvalue weighted by Gasteiger charge is -2.14. The average molecular weight is 329 g/mol. The maximum atomic E-state index is 11.9. The molecule has 1 atom stereocenters. The van der Waals surface area contributed by atoms with Gasteiger partial charge in [-0.2, -0.15) is 5.10 Å². The van der Waals surface area contributed by atoms with Crippen molar-refractivity contribution < 1.29 is 14.3 Å². The van der Waals surface area contributed by atoms with Crippen molar-refractivity contribution in [2.45, 2.75) is 27.3 Å². The molecule has 2 aromatic rings. The van der Waals surface area contributed by atoms with E-state index in [1.807, 2.05) is 24.6 Å². The van der Waals surface area contributed by atoms with Crippen LogP contribution in [0.1, 0.15) is 28.7 Å². The van der Waals surface area contributed by atoms with Crippen molar-refractivity contribution in [3.63, 3.8) is 0 Å². The van der Waals surface area contributed by atoms with Gasteiger partial charge >= 0.3 is 0 Å². The van der Waals surface area contributed by atoms with Crippen LogP contribution in [0.4, 0.5) is 0 Å². The van der Waals surface area contributed by atoms with Gasteiger partial charge in [0.25, 0.3) is 5.91 Å². The van der Waals surface area contributed by atoms with E-state index in [1.165, 1.54) is 0 Å². The number of benzene rings is 1. The minimum absolute atomic E-state index is 0.114. The second-order valence-electron chi connectivity index (χ2n) is 5.96. The molecule has 0 spiro atoms. The molecule has 1 unspecified atom stereocenters. The van der Waals surface area contributed by atoms with Crippen molar-refractivity contribution in [3.8, 4) is 5.75 Å². The standard InChI is InChI=1S/C18H23N3O3/c1-13(10-21-15(3)8-14(2)20-21)9-19-18(23)12-24-17-7-5-4-6-16(17)11-22/h4-8,11,13H,9-10,12H2,1-3H3,(H,19,23). The summed E-state index contributed by atoms with van der Waals surface area (Å²) in [5.41, 5.74) is 2.54. The fourth-order valence-corrected chi connectivity index (χ4v) is 2.41. The van der Waals surface area contributed by atoms with Crippen molar-refractivity contribution in [3.05, 3.63) is 47.3 Å². The summed E-state index contributed by atoms with van der Waals surface area (Å²) in [6.45, 7) is 7.20. The number of carbonyl (C=O) groups is 2. The Morgan fingerprint density at radius 3 is 2.79 bits per heavy atom. The molecule has 0 aliphatic carbocycles. The van der Waals surface area contributed by atoms with Crippen LogP contribution in [0.15, 0.2) is 30.3 Å². The van der Waals surface area contributed by atoms with E-state index >= 15 is 0 Å². The molecule has 0 saturated heterocycles. The maximum absolute atomic E-state index is 11.9. The minimum atomic E-state index is -0.212. The molecule has 0 saturated carbocycles. The zero-order valence-corrected chi connectivity index (χ0v) is 14.3. The van der Waals surface area contributed by atoms with Gasteiger partial charge in [0.05, 0.1) is 11.3 Å². The van der Waals surface area contributed by atoms with Gasteiger partial charge in [-0.1, -0.05) is 19.1 Å². The molecule has 0 radical (unpaired) electrons. The third kappa shape index (κ3) is 4.94. The van der Waals surface area contributed by atoms with Gasteiger partial charge in [0.2, 0.25) is 0 Å². The first kappa shape index (κ1) is 17.7. The van der Waals surface area contributed by atoms with Gasteiger partial charge in [-0.3, -0.25) is 14.3 Å². The molecule has 6 heteroatoms. The molecule has 6 nitrogen and oxygen atoms in total. The number of rotatable bonds is 8. The Labute approximate surface area is 141 Å². The Morgan fingerprint density at radius 2 is 2.12 bits per heavy atom. The predicted octanol–water partition coefficient (Wildman–Crippen LogP) is 2.14. The van der Waals surface area contributed by atoms with Crippen molar-refractivity contribution in [1.82, 2.24) is 15.1 Å². The monoisotopic (exact) mass is 329 g/mol. The van der Waals surface area contributed by atoms with Crippen LogP contribution < -0.4 is 10.1 Å². The van der Waals surface area contributed by atoms with E-state index in [-0.39, 0.29) is 18.4 Å². The molecule has 0 aliphatic rings. The number of nitrogens with one attached hydrogen (secondary N) is 1. The molecule has 0 fully saturated rings. The fraction of sp³-hybridized carbons (Fsp3) is 0.389. The van der Waals surface area contributed by atoms with Crippen molar-refractivity contribution in [1.29, 1.82) is 0 Å². The fourth-order valence-electron chi connectivity index (χ4n) is 2.41. The summed E-state index contributed by atoms with van der Waals surface area (Å²) in [4.78, 5) is 22.8. The van der Waals surface area contributed by atoms with Gasteiger partial charge in [0.15, 0.2) is 12.9 Å². The van der Waals surface area contributed by atoms with Gasteiger partial charge in [-0.05, 0) is 38.0 Å². The number of aryl methyl sites for hydroxylation is 2. The molecule has 24 heavy (non-hydrogen) atoms. The van der Waals surface area contributed by atoms with E-state index < -0.39 is 0 Å². The number of para-hydroxylation sites is 1. The van der Waals surface area contributed by atoms with Crippen LogP contribution in [-0.2, 0) is 11.3 Å². The summed E-state index contributed by atoms with van der Waals surface area (Å²) < 4.78 is 7.35. The lowest BCUT2D eigenvalue weighted by atomic mass is 10.2. The van der Waals surface area contributed by atoms with Crippen molar-refractivity contribution in [2.75, 3.05) is 13.2 Å². The first-order valence-corrected chi connectivity index (χ1v) is 7.94. The normalized spacial score (nSPS) is 11.8. The minimum Gasteiger partial charge on any atom is -0.483 e. The largest absolute Gasteiger partial charge is 0.483 e. The highest BCUT2D eigenvalue weighted by molar-refractivity contribution is 5.80. The highest BCUT2D eigenvalue weighted by Gasteiger charge is 2.10. The zero-order chi connectivity index (χ0) is 17.5. The SMILES string of the molecule is Cc1cc(C)n(CC(C)CNC(=O)COc2ccccc2C=O)n1. The number of ether oxygens (including phenoxy) is 1. The first-order valence-electron chi connectivity index (χ1n) is 7.94. The topological polar surface area (TPSA) is 73.2 Å². The Balaban J connectivity index is 1.76. The Hall–Kier alpha value is -2.63. The molecule has 1 amide bonds. The lowest BCUT2D eigenvalue weighted by molar-refractivity contribution is -0.123.